The van der Waals surface area contributed by atoms with Crippen molar-refractivity contribution in [1.82, 2.24) is 0 Å². The number of nitrogens with two attached hydrogens (primary N) is 1. The first kappa shape index (κ1) is 21.1. The van der Waals surface area contributed by atoms with Crippen LogP contribution in [0.25, 0.3) is 0 Å². The SMILES string of the molecule is C=C/N=C1/C=CC(I)=C/C1=C(/N)Nc1ccc(OCc2cccc(F)c2)c(Cl)c1. The van der Waals surface area contributed by atoms with E-state index in [1.807, 2.05) is 18.2 Å². The molecule has 0 heterocycles. The third-order valence-electron chi connectivity index (χ3n) is 3.97. The topological polar surface area (TPSA) is 59.6 Å². The summed E-state index contributed by atoms with van der Waals surface area (Å²) in [6, 6.07) is 11.5. The molecule has 0 unspecified atom stereocenters. The van der Waals surface area contributed by atoms with Crippen molar-refractivity contribution in [3.63, 3.8) is 0 Å². The molecule has 4 nitrogen and oxygen atoms in total. The number of anilines is 1. The average Bonchev–Trinajstić information content (AvgIpc) is 2.69. The van der Waals surface area contributed by atoms with Crippen molar-refractivity contribution in [2.24, 2.45) is 10.7 Å². The highest BCUT2D eigenvalue weighted by Gasteiger charge is 2.12. The highest BCUT2D eigenvalue weighted by molar-refractivity contribution is 14.1. The van der Waals surface area contributed by atoms with E-state index < -0.39 is 0 Å². The van der Waals surface area contributed by atoms with Crippen molar-refractivity contribution < 1.29 is 9.13 Å². The summed E-state index contributed by atoms with van der Waals surface area (Å²) in [7, 11) is 0. The Morgan fingerprint density at radius 1 is 1.28 bits per heavy atom. The van der Waals surface area contributed by atoms with Crippen LogP contribution in [0.4, 0.5) is 10.1 Å². The summed E-state index contributed by atoms with van der Waals surface area (Å²) in [6.07, 6.45) is 7.23. The molecule has 0 saturated carbocycles. The molecule has 2 aromatic rings. The third kappa shape index (κ3) is 5.71. The highest BCUT2D eigenvalue weighted by atomic mass is 127. The standard InChI is InChI=1S/C22H18ClFIN3O/c1-2-27-20-8-6-16(25)11-18(20)22(26)28-17-7-9-21(19(23)12-17)29-13-14-4-3-5-15(24)10-14/h2-12,28H,1,13,26H2/b22-18+,27-20-. The van der Waals surface area contributed by atoms with Gasteiger partial charge in [0.15, 0.2) is 0 Å². The second-order valence-electron chi connectivity index (χ2n) is 6.08. The Morgan fingerprint density at radius 3 is 2.83 bits per heavy atom. The Labute approximate surface area is 187 Å². The van der Waals surface area contributed by atoms with Crippen molar-refractivity contribution in [1.29, 1.82) is 0 Å². The monoisotopic (exact) mass is 521 g/mol. The van der Waals surface area contributed by atoms with Crippen LogP contribution in [0.2, 0.25) is 5.02 Å². The molecule has 0 aliphatic heterocycles. The minimum absolute atomic E-state index is 0.216. The number of ether oxygens (including phenoxy) is 1. The van der Waals surface area contributed by atoms with Crippen molar-refractivity contribution in [2.45, 2.75) is 6.61 Å². The van der Waals surface area contributed by atoms with Crippen LogP contribution in [0.5, 0.6) is 5.75 Å². The number of aliphatic imine (C=N–C) groups is 1. The maximum atomic E-state index is 13.3. The van der Waals surface area contributed by atoms with Gasteiger partial charge < -0.3 is 15.8 Å². The van der Waals surface area contributed by atoms with Gasteiger partial charge in [-0.05, 0) is 76.7 Å². The Kier molecular flexibility index (Phi) is 7.11. The lowest BCUT2D eigenvalue weighted by molar-refractivity contribution is 0.306. The van der Waals surface area contributed by atoms with E-state index in [-0.39, 0.29) is 12.4 Å². The normalized spacial score (nSPS) is 16.4. The summed E-state index contributed by atoms with van der Waals surface area (Å²) in [5, 5.41) is 3.56. The van der Waals surface area contributed by atoms with Crippen LogP contribution in [0, 0.1) is 5.82 Å². The molecule has 0 radical (unpaired) electrons. The van der Waals surface area contributed by atoms with E-state index in [2.05, 4.69) is 39.5 Å². The molecular weight excluding hydrogens is 504 g/mol. The maximum absolute atomic E-state index is 13.3. The van der Waals surface area contributed by atoms with Gasteiger partial charge in [0.25, 0.3) is 0 Å². The lowest BCUT2D eigenvalue weighted by atomic mass is 10.1. The highest BCUT2D eigenvalue weighted by Crippen LogP contribution is 2.29. The van der Waals surface area contributed by atoms with Crippen LogP contribution in [0.1, 0.15) is 5.56 Å². The van der Waals surface area contributed by atoms with Crippen molar-refractivity contribution in [3.8, 4) is 5.75 Å². The molecule has 0 fully saturated rings. The number of allylic oxidation sites excluding steroid dienone is 5. The molecule has 29 heavy (non-hydrogen) atoms. The molecule has 0 atom stereocenters. The summed E-state index contributed by atoms with van der Waals surface area (Å²) in [6.45, 7) is 3.85. The van der Waals surface area contributed by atoms with E-state index in [0.29, 0.717) is 28.0 Å². The van der Waals surface area contributed by atoms with Crippen molar-refractivity contribution >= 4 is 45.6 Å². The second-order valence-corrected chi connectivity index (χ2v) is 7.73. The summed E-state index contributed by atoms with van der Waals surface area (Å²) >= 11 is 8.56. The van der Waals surface area contributed by atoms with Gasteiger partial charge in [-0.1, -0.05) is 30.3 Å². The van der Waals surface area contributed by atoms with Crippen LogP contribution in [-0.2, 0) is 6.61 Å². The van der Waals surface area contributed by atoms with E-state index in [4.69, 9.17) is 22.1 Å². The van der Waals surface area contributed by atoms with Gasteiger partial charge in [0, 0.05) is 21.0 Å². The van der Waals surface area contributed by atoms with Gasteiger partial charge in [0.05, 0.1) is 10.7 Å². The Morgan fingerprint density at radius 2 is 2.10 bits per heavy atom. The van der Waals surface area contributed by atoms with E-state index in [1.54, 1.807) is 30.3 Å². The summed E-state index contributed by atoms with van der Waals surface area (Å²) < 4.78 is 20.0. The van der Waals surface area contributed by atoms with Gasteiger partial charge in [0.1, 0.15) is 24.0 Å². The number of rotatable bonds is 6. The molecule has 1 aliphatic carbocycles. The van der Waals surface area contributed by atoms with Gasteiger partial charge >= 0.3 is 0 Å². The van der Waals surface area contributed by atoms with Crippen LogP contribution in [0.3, 0.4) is 0 Å². The number of hydrogen-bond donors (Lipinski definition) is 2. The first-order valence-electron chi connectivity index (χ1n) is 8.64. The molecule has 0 spiro atoms. The van der Waals surface area contributed by atoms with E-state index in [1.165, 1.54) is 18.3 Å². The zero-order valence-corrected chi connectivity index (χ0v) is 18.2. The number of nitrogens with zero attached hydrogens (tertiary/aromatic N) is 1. The molecule has 3 N–H and O–H groups in total. The lowest BCUT2D eigenvalue weighted by Crippen LogP contribution is -2.17. The fourth-order valence-electron chi connectivity index (χ4n) is 2.64. The number of nitrogens with one attached hydrogen (secondary N) is 1. The van der Waals surface area contributed by atoms with Gasteiger partial charge in [-0.15, -0.1) is 0 Å². The predicted octanol–water partition coefficient (Wildman–Crippen LogP) is 6.11. The van der Waals surface area contributed by atoms with Crippen LogP contribution in [-0.4, -0.2) is 5.71 Å². The molecule has 148 valence electrons. The maximum Gasteiger partial charge on any atom is 0.138 e. The fourth-order valence-corrected chi connectivity index (χ4v) is 3.37. The van der Waals surface area contributed by atoms with Crippen molar-refractivity contribution in [2.75, 3.05) is 5.32 Å². The number of hydrogen-bond acceptors (Lipinski definition) is 4. The zero-order chi connectivity index (χ0) is 20.8. The summed E-state index contributed by atoms with van der Waals surface area (Å²) in [4.78, 5) is 4.25. The Balaban J connectivity index is 1.75. The minimum Gasteiger partial charge on any atom is -0.487 e. The molecule has 2 aromatic carbocycles. The quantitative estimate of drug-likeness (QED) is 0.451. The fraction of sp³-hybridized carbons (Fsp3) is 0.0455. The summed E-state index contributed by atoms with van der Waals surface area (Å²) in [5.41, 5.74) is 9.16. The zero-order valence-electron chi connectivity index (χ0n) is 15.3. The van der Waals surface area contributed by atoms with E-state index in [9.17, 15) is 4.39 Å². The average molecular weight is 522 g/mol. The Hall–Kier alpha value is -2.58. The van der Waals surface area contributed by atoms with Gasteiger partial charge in [-0.2, -0.15) is 0 Å². The van der Waals surface area contributed by atoms with Gasteiger partial charge in [-0.25, -0.2) is 4.39 Å². The molecule has 0 amide bonds. The summed E-state index contributed by atoms with van der Waals surface area (Å²) in [5.74, 6) is 0.631. The van der Waals surface area contributed by atoms with Gasteiger partial charge in [0.2, 0.25) is 0 Å². The number of benzene rings is 2. The third-order valence-corrected chi connectivity index (χ3v) is 4.94. The van der Waals surface area contributed by atoms with E-state index >= 15 is 0 Å². The van der Waals surface area contributed by atoms with E-state index in [0.717, 1.165) is 14.7 Å². The first-order valence-corrected chi connectivity index (χ1v) is 10.1. The largest absolute Gasteiger partial charge is 0.487 e. The molecule has 1 aliphatic rings. The lowest BCUT2D eigenvalue weighted by Gasteiger charge is -2.15. The molecule has 0 saturated heterocycles. The molecule has 7 heteroatoms. The predicted molar refractivity (Wildman–Crippen MR) is 126 cm³/mol. The first-order chi connectivity index (χ1) is 14.0. The Bertz CT molecular complexity index is 1060. The van der Waals surface area contributed by atoms with Crippen molar-refractivity contribution in [3.05, 3.63) is 105 Å². The molecule has 3 rings (SSSR count). The molecular formula is C22H18ClFIN3O. The van der Waals surface area contributed by atoms with Crippen LogP contribution in [0.15, 0.2) is 93.4 Å². The van der Waals surface area contributed by atoms with Crippen LogP contribution >= 0.6 is 34.2 Å². The minimum atomic E-state index is -0.305. The molecule has 0 bridgehead atoms. The second kappa shape index (κ2) is 9.76. The number of halogens is 3. The smallest absolute Gasteiger partial charge is 0.138 e. The van der Waals surface area contributed by atoms with Gasteiger partial charge in [-0.3, -0.25) is 4.99 Å². The van der Waals surface area contributed by atoms with Crippen LogP contribution < -0.4 is 15.8 Å². The molecule has 0 aromatic heterocycles.